The highest BCUT2D eigenvalue weighted by atomic mass is 16.5. The molecule has 8 nitrogen and oxygen atoms in total. The first kappa shape index (κ1) is 22.2. The predicted octanol–water partition coefficient (Wildman–Crippen LogP) is 1.79. The van der Waals surface area contributed by atoms with Crippen LogP contribution in [0, 0.1) is 6.92 Å². The van der Waals surface area contributed by atoms with Crippen molar-refractivity contribution >= 4 is 23.6 Å². The first-order chi connectivity index (χ1) is 14.9. The van der Waals surface area contributed by atoms with Crippen molar-refractivity contribution in [3.8, 4) is 0 Å². The largest absolute Gasteiger partial charge is 0.385 e. The molecular formula is C23H25N3O5. The SMILES string of the molecule is COCCCN1C(=O)c2ccc(C(=O)NCCNC(=O)c3ccccc3C)cc2C1=O. The third kappa shape index (κ3) is 4.97. The fraction of sp³-hybridized carbons (Fsp3) is 0.304. The summed E-state index contributed by atoms with van der Waals surface area (Å²) < 4.78 is 4.96. The van der Waals surface area contributed by atoms with Gasteiger partial charge in [-0.3, -0.25) is 24.1 Å². The molecular weight excluding hydrogens is 398 g/mol. The van der Waals surface area contributed by atoms with Gasteiger partial charge in [0, 0.05) is 44.5 Å². The number of nitrogens with zero attached hydrogens (tertiary/aromatic N) is 1. The number of methoxy groups -OCH3 is 1. The van der Waals surface area contributed by atoms with Gasteiger partial charge in [0.05, 0.1) is 11.1 Å². The molecule has 0 spiro atoms. The Labute approximate surface area is 180 Å². The Morgan fingerprint density at radius 2 is 1.61 bits per heavy atom. The molecule has 0 atom stereocenters. The normalized spacial score (nSPS) is 12.6. The van der Waals surface area contributed by atoms with E-state index in [9.17, 15) is 19.2 Å². The smallest absolute Gasteiger partial charge is 0.261 e. The van der Waals surface area contributed by atoms with E-state index in [0.717, 1.165) is 5.56 Å². The van der Waals surface area contributed by atoms with Crippen molar-refractivity contribution in [1.29, 1.82) is 0 Å². The molecule has 2 aromatic rings. The Morgan fingerprint density at radius 1 is 0.935 bits per heavy atom. The van der Waals surface area contributed by atoms with E-state index >= 15 is 0 Å². The lowest BCUT2D eigenvalue weighted by Crippen LogP contribution is -2.35. The van der Waals surface area contributed by atoms with Crippen LogP contribution in [0.5, 0.6) is 0 Å². The Kier molecular flexibility index (Phi) is 7.15. The first-order valence-electron chi connectivity index (χ1n) is 10.0. The van der Waals surface area contributed by atoms with Gasteiger partial charge in [0.2, 0.25) is 0 Å². The van der Waals surface area contributed by atoms with Crippen LogP contribution < -0.4 is 10.6 Å². The minimum absolute atomic E-state index is 0.206. The van der Waals surface area contributed by atoms with Crippen LogP contribution in [0.4, 0.5) is 0 Å². The number of hydrogen-bond donors (Lipinski definition) is 2. The zero-order chi connectivity index (χ0) is 22.4. The molecule has 0 unspecified atom stereocenters. The Morgan fingerprint density at radius 3 is 2.32 bits per heavy atom. The number of amides is 4. The second kappa shape index (κ2) is 9.99. The van der Waals surface area contributed by atoms with Gasteiger partial charge in [0.15, 0.2) is 0 Å². The molecule has 0 bridgehead atoms. The number of benzene rings is 2. The van der Waals surface area contributed by atoms with Crippen LogP contribution in [0.15, 0.2) is 42.5 Å². The van der Waals surface area contributed by atoms with Gasteiger partial charge < -0.3 is 15.4 Å². The summed E-state index contributed by atoms with van der Waals surface area (Å²) in [6, 6.07) is 11.7. The molecule has 3 rings (SSSR count). The van der Waals surface area contributed by atoms with Crippen LogP contribution in [0.25, 0.3) is 0 Å². The summed E-state index contributed by atoms with van der Waals surface area (Å²) in [7, 11) is 1.56. The lowest BCUT2D eigenvalue weighted by Gasteiger charge is -2.12. The molecule has 8 heteroatoms. The first-order valence-corrected chi connectivity index (χ1v) is 10.0. The van der Waals surface area contributed by atoms with Crippen LogP contribution >= 0.6 is 0 Å². The van der Waals surface area contributed by atoms with Gasteiger partial charge in [0.1, 0.15) is 0 Å². The van der Waals surface area contributed by atoms with Crippen LogP contribution in [0.3, 0.4) is 0 Å². The van der Waals surface area contributed by atoms with Crippen molar-refractivity contribution in [2.45, 2.75) is 13.3 Å². The number of imide groups is 1. The van der Waals surface area contributed by atoms with E-state index < -0.39 is 5.91 Å². The van der Waals surface area contributed by atoms with E-state index in [0.29, 0.717) is 24.2 Å². The molecule has 4 amide bonds. The minimum Gasteiger partial charge on any atom is -0.385 e. The van der Waals surface area contributed by atoms with Crippen LogP contribution in [0.2, 0.25) is 0 Å². The second-order valence-corrected chi connectivity index (χ2v) is 7.20. The summed E-state index contributed by atoms with van der Waals surface area (Å²) in [5.41, 5.74) is 2.26. The molecule has 162 valence electrons. The quantitative estimate of drug-likeness (QED) is 0.473. The standard InChI is InChI=1S/C23H25N3O5/c1-15-6-3-4-7-17(15)21(28)25-11-10-24-20(27)16-8-9-18-19(14-16)23(30)26(22(18)29)12-5-13-31-2/h3-4,6-9,14H,5,10-13H2,1-2H3,(H,24,27)(H,25,28). The number of fused-ring (bicyclic) bond motifs is 1. The third-order valence-electron chi connectivity index (χ3n) is 5.05. The van der Waals surface area contributed by atoms with Gasteiger partial charge in [-0.25, -0.2) is 0 Å². The zero-order valence-electron chi connectivity index (χ0n) is 17.6. The van der Waals surface area contributed by atoms with E-state index in [1.807, 2.05) is 19.1 Å². The molecule has 0 fully saturated rings. The summed E-state index contributed by atoms with van der Waals surface area (Å²) in [5, 5.41) is 5.47. The highest BCUT2D eigenvalue weighted by Crippen LogP contribution is 2.24. The lowest BCUT2D eigenvalue weighted by atomic mass is 10.1. The number of carbonyl (C=O) groups excluding carboxylic acids is 4. The second-order valence-electron chi connectivity index (χ2n) is 7.20. The number of ether oxygens (including phenoxy) is 1. The Bertz CT molecular complexity index is 1020. The maximum atomic E-state index is 12.6. The molecule has 0 saturated carbocycles. The number of carbonyl (C=O) groups is 4. The molecule has 0 saturated heterocycles. The summed E-state index contributed by atoms with van der Waals surface area (Å²) in [6.45, 7) is 3.05. The van der Waals surface area contributed by atoms with E-state index in [-0.39, 0.29) is 48.5 Å². The van der Waals surface area contributed by atoms with Gasteiger partial charge in [0.25, 0.3) is 23.6 Å². The monoisotopic (exact) mass is 423 g/mol. The number of aryl methyl sites for hydroxylation is 1. The minimum atomic E-state index is -0.406. The maximum Gasteiger partial charge on any atom is 0.261 e. The van der Waals surface area contributed by atoms with E-state index in [1.54, 1.807) is 19.2 Å². The molecule has 2 aromatic carbocycles. The van der Waals surface area contributed by atoms with Gasteiger partial charge in [-0.05, 0) is 43.2 Å². The summed E-state index contributed by atoms with van der Waals surface area (Å²) >= 11 is 0. The molecule has 0 radical (unpaired) electrons. The Hall–Kier alpha value is -3.52. The number of nitrogens with one attached hydrogen (secondary N) is 2. The van der Waals surface area contributed by atoms with E-state index in [1.165, 1.54) is 23.1 Å². The predicted molar refractivity (Wildman–Crippen MR) is 114 cm³/mol. The molecule has 1 aliphatic heterocycles. The molecule has 0 aliphatic carbocycles. The van der Waals surface area contributed by atoms with Crippen molar-refractivity contribution in [2.24, 2.45) is 0 Å². The summed E-state index contributed by atoms with van der Waals surface area (Å²) in [6.07, 6.45) is 0.545. The van der Waals surface area contributed by atoms with Crippen molar-refractivity contribution in [2.75, 3.05) is 33.4 Å². The van der Waals surface area contributed by atoms with Crippen LogP contribution in [0.1, 0.15) is 53.4 Å². The number of rotatable bonds is 9. The Balaban J connectivity index is 1.54. The topological polar surface area (TPSA) is 105 Å². The van der Waals surface area contributed by atoms with E-state index in [4.69, 9.17) is 4.74 Å². The van der Waals surface area contributed by atoms with Crippen LogP contribution in [-0.4, -0.2) is 61.9 Å². The molecule has 1 heterocycles. The molecule has 0 aromatic heterocycles. The highest BCUT2D eigenvalue weighted by molar-refractivity contribution is 6.22. The fourth-order valence-electron chi connectivity index (χ4n) is 3.38. The lowest BCUT2D eigenvalue weighted by molar-refractivity contribution is 0.0638. The van der Waals surface area contributed by atoms with Gasteiger partial charge >= 0.3 is 0 Å². The van der Waals surface area contributed by atoms with Gasteiger partial charge in [-0.1, -0.05) is 18.2 Å². The zero-order valence-corrected chi connectivity index (χ0v) is 17.6. The number of hydrogen-bond acceptors (Lipinski definition) is 5. The van der Waals surface area contributed by atoms with Crippen molar-refractivity contribution in [3.05, 3.63) is 70.3 Å². The van der Waals surface area contributed by atoms with Crippen molar-refractivity contribution in [3.63, 3.8) is 0 Å². The van der Waals surface area contributed by atoms with E-state index in [2.05, 4.69) is 10.6 Å². The van der Waals surface area contributed by atoms with Crippen molar-refractivity contribution in [1.82, 2.24) is 15.5 Å². The molecule has 31 heavy (non-hydrogen) atoms. The average Bonchev–Trinajstić information content (AvgIpc) is 3.01. The highest BCUT2D eigenvalue weighted by Gasteiger charge is 2.35. The fourth-order valence-corrected chi connectivity index (χ4v) is 3.38. The summed E-state index contributed by atoms with van der Waals surface area (Å²) in [4.78, 5) is 50.8. The average molecular weight is 423 g/mol. The van der Waals surface area contributed by atoms with Gasteiger partial charge in [-0.15, -0.1) is 0 Å². The summed E-state index contributed by atoms with van der Waals surface area (Å²) in [5.74, 6) is -1.35. The maximum absolute atomic E-state index is 12.6. The third-order valence-corrected chi connectivity index (χ3v) is 5.05. The van der Waals surface area contributed by atoms with Gasteiger partial charge in [-0.2, -0.15) is 0 Å². The molecule has 1 aliphatic rings. The van der Waals surface area contributed by atoms with Crippen LogP contribution in [-0.2, 0) is 4.74 Å². The van der Waals surface area contributed by atoms with Crippen molar-refractivity contribution < 1.29 is 23.9 Å². The molecule has 2 N–H and O–H groups in total.